The monoisotopic (exact) mass is 463 g/mol. The van der Waals surface area contributed by atoms with Crippen molar-refractivity contribution in [2.45, 2.75) is 13.1 Å². The lowest BCUT2D eigenvalue weighted by Gasteiger charge is -2.28. The van der Waals surface area contributed by atoms with Crippen molar-refractivity contribution < 1.29 is 27.4 Å². The number of anilines is 1. The number of rotatable bonds is 7. The molecule has 0 saturated heterocycles. The Hall–Kier alpha value is -3.51. The van der Waals surface area contributed by atoms with E-state index < -0.39 is 29.4 Å². The topological polar surface area (TPSA) is 88.6 Å². The highest BCUT2D eigenvalue weighted by atomic mass is 32.2. The van der Waals surface area contributed by atoms with Crippen molar-refractivity contribution in [3.63, 3.8) is 0 Å². The molecular weight excluding hydrogens is 447 g/mol. The predicted molar refractivity (Wildman–Crippen MR) is 110 cm³/mol. The molecule has 166 valence electrons. The lowest BCUT2D eigenvalue weighted by atomic mass is 10.1. The number of amides is 1. The Kier molecular flexibility index (Phi) is 6.32. The van der Waals surface area contributed by atoms with E-state index in [2.05, 4.69) is 19.4 Å². The van der Waals surface area contributed by atoms with Gasteiger partial charge in [-0.15, -0.1) is 0 Å². The number of pyridine rings is 2. The van der Waals surface area contributed by atoms with Crippen LogP contribution in [0.25, 0.3) is 0 Å². The van der Waals surface area contributed by atoms with Gasteiger partial charge < -0.3 is 9.47 Å². The summed E-state index contributed by atoms with van der Waals surface area (Å²) < 4.78 is 59.1. The molecule has 1 amide bonds. The van der Waals surface area contributed by atoms with Crippen LogP contribution >= 0.6 is 12.1 Å². The second-order valence-corrected chi connectivity index (χ2v) is 7.34. The molecule has 32 heavy (non-hydrogen) atoms. The van der Waals surface area contributed by atoms with E-state index in [4.69, 9.17) is 9.47 Å². The predicted octanol–water partition coefficient (Wildman–Crippen LogP) is 4.40. The van der Waals surface area contributed by atoms with E-state index in [-0.39, 0.29) is 36.0 Å². The van der Waals surface area contributed by atoms with Gasteiger partial charge in [0, 0.05) is 35.7 Å². The Balaban J connectivity index is 1.54. The molecule has 0 bridgehead atoms. The average molecular weight is 463 g/mol. The molecule has 4 rings (SSSR count). The Morgan fingerprint density at radius 1 is 1.16 bits per heavy atom. The Bertz CT molecular complexity index is 1170. The number of hydrogen-bond acceptors (Lipinski definition) is 8. The second kappa shape index (κ2) is 9.32. The maximum absolute atomic E-state index is 14.9. The zero-order valence-corrected chi connectivity index (χ0v) is 17.4. The first kappa shape index (κ1) is 21.7. The summed E-state index contributed by atoms with van der Waals surface area (Å²) in [4.78, 5) is 21.3. The number of hydrogen-bond donors (Lipinski definition) is 2. The van der Waals surface area contributed by atoms with Crippen molar-refractivity contribution in [3.05, 3.63) is 71.3 Å². The molecule has 1 aliphatic heterocycles. The summed E-state index contributed by atoms with van der Waals surface area (Å²) in [6.07, 6.45) is 1.83. The lowest BCUT2D eigenvalue weighted by molar-refractivity contribution is 0.131. The third kappa shape index (κ3) is 4.41. The van der Waals surface area contributed by atoms with Crippen LogP contribution in [0.2, 0.25) is 0 Å². The van der Waals surface area contributed by atoms with E-state index in [0.29, 0.717) is 5.56 Å². The van der Waals surface area contributed by atoms with Crippen LogP contribution in [-0.4, -0.2) is 28.0 Å². The fraction of sp³-hybridized carbons (Fsp3) is 0.150. The lowest BCUT2D eigenvalue weighted by Crippen LogP contribution is -2.37. The fourth-order valence-corrected chi connectivity index (χ4v) is 3.31. The number of nitrogens with one attached hydrogen (secondary N) is 2. The van der Waals surface area contributed by atoms with Crippen molar-refractivity contribution >= 4 is 24.0 Å². The molecule has 1 aromatic carbocycles. The van der Waals surface area contributed by atoms with E-state index in [1.165, 1.54) is 41.6 Å². The molecule has 8 nitrogen and oxygen atoms in total. The van der Waals surface area contributed by atoms with Gasteiger partial charge in [0.15, 0.2) is 29.0 Å². The number of carbonyl (C=O) groups excluding carboxylic acids is 1. The van der Waals surface area contributed by atoms with Crippen LogP contribution in [0.15, 0.2) is 42.7 Å². The number of fused-ring (bicyclic) bond motifs is 1. The number of carbonyl (C=O) groups is 1. The highest BCUT2D eigenvalue weighted by Crippen LogP contribution is 2.37. The number of aromatic nitrogens is 2. The smallest absolute Gasteiger partial charge is 0.415 e. The van der Waals surface area contributed by atoms with Crippen molar-refractivity contribution in [3.8, 4) is 17.4 Å². The van der Waals surface area contributed by atoms with E-state index in [9.17, 15) is 18.0 Å². The summed E-state index contributed by atoms with van der Waals surface area (Å²) in [6.45, 7) is -0.149. The molecule has 0 aliphatic carbocycles. The molecule has 2 aromatic heterocycles. The minimum absolute atomic E-state index is 0.00205. The fourth-order valence-electron chi connectivity index (χ4n) is 2.97. The second-order valence-electron chi connectivity index (χ2n) is 6.52. The SMILES string of the molecule is CNSNc1nccc(CN2Cc3ccc(Oc4ncccc4F)c(F)c3OC2=O)c1F. The van der Waals surface area contributed by atoms with Crippen molar-refractivity contribution in [1.29, 1.82) is 0 Å². The van der Waals surface area contributed by atoms with Gasteiger partial charge in [0.1, 0.15) is 0 Å². The molecule has 0 radical (unpaired) electrons. The zero-order valence-electron chi connectivity index (χ0n) is 16.6. The van der Waals surface area contributed by atoms with Crippen LogP contribution in [-0.2, 0) is 13.1 Å². The number of benzene rings is 1. The van der Waals surface area contributed by atoms with Gasteiger partial charge in [-0.2, -0.15) is 4.39 Å². The van der Waals surface area contributed by atoms with Gasteiger partial charge in [0.25, 0.3) is 5.88 Å². The minimum atomic E-state index is -0.966. The summed E-state index contributed by atoms with van der Waals surface area (Å²) in [5, 5.41) is 0. The summed E-state index contributed by atoms with van der Waals surface area (Å²) in [6, 6.07) is 6.68. The Morgan fingerprint density at radius 3 is 2.78 bits per heavy atom. The standard InChI is InChI=1S/C20H16F3N5O3S/c1-24-32-27-18-15(22)11(6-8-25-18)9-28-10-12-4-5-14(16(23)17(12)31-20(28)29)30-19-13(21)3-2-7-26-19/h2-8,24H,9-10H2,1H3,(H,25,27). The van der Waals surface area contributed by atoms with Gasteiger partial charge in [-0.1, -0.05) is 0 Å². The Labute approximate surface area is 185 Å². The Morgan fingerprint density at radius 2 is 2.00 bits per heavy atom. The molecule has 1 aliphatic rings. The van der Waals surface area contributed by atoms with Crippen molar-refractivity contribution in [1.82, 2.24) is 19.6 Å². The minimum Gasteiger partial charge on any atom is -0.433 e. The highest BCUT2D eigenvalue weighted by Gasteiger charge is 2.30. The molecule has 0 spiro atoms. The zero-order chi connectivity index (χ0) is 22.7. The number of nitrogens with zero attached hydrogens (tertiary/aromatic N) is 3. The molecule has 0 unspecified atom stereocenters. The molecule has 0 saturated carbocycles. The van der Waals surface area contributed by atoms with Crippen LogP contribution in [0, 0.1) is 17.5 Å². The molecule has 3 aromatic rings. The molecular formula is C20H16F3N5O3S. The molecule has 12 heteroatoms. The first-order chi connectivity index (χ1) is 15.5. The van der Waals surface area contributed by atoms with Gasteiger partial charge in [0.2, 0.25) is 5.82 Å². The van der Waals surface area contributed by atoms with E-state index >= 15 is 0 Å². The van der Waals surface area contributed by atoms with E-state index in [1.807, 2.05) is 0 Å². The van der Waals surface area contributed by atoms with Crippen LogP contribution in [0.5, 0.6) is 17.4 Å². The normalized spacial score (nSPS) is 12.9. The van der Waals surface area contributed by atoms with E-state index in [1.54, 1.807) is 7.05 Å². The van der Waals surface area contributed by atoms with Crippen molar-refractivity contribution in [2.75, 3.05) is 11.8 Å². The van der Waals surface area contributed by atoms with Crippen molar-refractivity contribution in [2.24, 2.45) is 0 Å². The largest absolute Gasteiger partial charge is 0.433 e. The summed E-state index contributed by atoms with van der Waals surface area (Å²) in [5.41, 5.74) is 0.542. The maximum Gasteiger partial charge on any atom is 0.415 e. The number of halogens is 3. The molecule has 0 fully saturated rings. The van der Waals surface area contributed by atoms with Gasteiger partial charge in [-0.05, 0) is 37.4 Å². The quantitative estimate of drug-likeness (QED) is 0.499. The maximum atomic E-state index is 14.9. The van der Waals surface area contributed by atoms with Crippen LogP contribution in [0.4, 0.5) is 23.8 Å². The third-order valence-electron chi connectivity index (χ3n) is 4.46. The number of ether oxygens (including phenoxy) is 2. The summed E-state index contributed by atoms with van der Waals surface area (Å²) in [5.74, 6) is -3.45. The third-order valence-corrected chi connectivity index (χ3v) is 4.96. The van der Waals surface area contributed by atoms with Gasteiger partial charge in [-0.25, -0.2) is 28.3 Å². The average Bonchev–Trinajstić information content (AvgIpc) is 2.79. The van der Waals surface area contributed by atoms with Gasteiger partial charge >= 0.3 is 6.09 Å². The van der Waals surface area contributed by atoms with Crippen LogP contribution in [0.1, 0.15) is 11.1 Å². The van der Waals surface area contributed by atoms with Gasteiger partial charge in [-0.3, -0.25) is 9.62 Å². The van der Waals surface area contributed by atoms with Crippen LogP contribution < -0.4 is 18.9 Å². The van der Waals surface area contributed by atoms with Crippen LogP contribution in [0.3, 0.4) is 0 Å². The summed E-state index contributed by atoms with van der Waals surface area (Å²) in [7, 11) is 1.66. The first-order valence-corrected chi connectivity index (χ1v) is 10.1. The highest BCUT2D eigenvalue weighted by molar-refractivity contribution is 7.98. The molecule has 0 atom stereocenters. The first-order valence-electron chi connectivity index (χ1n) is 9.26. The molecule has 2 N–H and O–H groups in total. The summed E-state index contributed by atoms with van der Waals surface area (Å²) >= 11 is 1.04. The molecule has 3 heterocycles. The van der Waals surface area contributed by atoms with E-state index in [0.717, 1.165) is 18.2 Å². The van der Waals surface area contributed by atoms with Gasteiger partial charge in [0.05, 0.1) is 13.1 Å².